The second kappa shape index (κ2) is 4.22. The van der Waals surface area contributed by atoms with Crippen molar-refractivity contribution in [3.63, 3.8) is 0 Å². The van der Waals surface area contributed by atoms with Crippen molar-refractivity contribution >= 4 is 12.1 Å². The number of rotatable bonds is 3. The van der Waals surface area contributed by atoms with Crippen molar-refractivity contribution < 1.29 is 28.2 Å². The molecule has 1 saturated carbocycles. The average Bonchev–Trinajstić information content (AvgIpc) is 2.88. The van der Waals surface area contributed by atoms with E-state index < -0.39 is 36.0 Å². The lowest BCUT2D eigenvalue weighted by Gasteiger charge is -2.30. The zero-order valence-corrected chi connectivity index (χ0v) is 9.51. The molecular formula is C11H13F2NO4. The number of hydrogen-bond acceptors (Lipinski definition) is 3. The molecule has 3 atom stereocenters. The van der Waals surface area contributed by atoms with E-state index in [0.717, 1.165) is 0 Å². The van der Waals surface area contributed by atoms with E-state index >= 15 is 0 Å². The highest BCUT2D eigenvalue weighted by Gasteiger charge is 2.74. The maximum absolute atomic E-state index is 13.4. The van der Waals surface area contributed by atoms with Gasteiger partial charge in [0.2, 0.25) is 0 Å². The Labute approximate surface area is 102 Å². The number of carboxylic acid groups (broad SMARTS) is 1. The number of aliphatic carboxylic acids is 1. The van der Waals surface area contributed by atoms with E-state index in [1.54, 1.807) is 0 Å². The molecule has 1 aliphatic carbocycles. The molecule has 1 N–H and O–H groups in total. The maximum atomic E-state index is 13.4. The Morgan fingerprint density at radius 2 is 2.17 bits per heavy atom. The SMILES string of the molecule is C=CCOC(=O)N1[C@@H](C(=O)O)CC[C@@H]2[C@H]1C2(F)F. The number of carbonyl (C=O) groups excluding carboxylic acids is 1. The van der Waals surface area contributed by atoms with Crippen LogP contribution < -0.4 is 0 Å². The van der Waals surface area contributed by atoms with Crippen LogP contribution >= 0.6 is 0 Å². The fraction of sp³-hybridized carbons (Fsp3) is 0.636. The lowest BCUT2D eigenvalue weighted by Crippen LogP contribution is -2.50. The highest BCUT2D eigenvalue weighted by atomic mass is 19.3. The van der Waals surface area contributed by atoms with Gasteiger partial charge < -0.3 is 9.84 Å². The van der Waals surface area contributed by atoms with Crippen LogP contribution in [0.5, 0.6) is 0 Å². The van der Waals surface area contributed by atoms with Crippen LogP contribution in [0.25, 0.3) is 0 Å². The zero-order chi connectivity index (χ0) is 13.5. The van der Waals surface area contributed by atoms with Gasteiger partial charge in [0.15, 0.2) is 0 Å². The Balaban J connectivity index is 2.17. The van der Waals surface area contributed by atoms with Gasteiger partial charge in [0, 0.05) is 0 Å². The summed E-state index contributed by atoms with van der Waals surface area (Å²) in [6, 6.07) is -2.58. The molecule has 7 heteroatoms. The Bertz CT molecular complexity index is 399. The topological polar surface area (TPSA) is 66.8 Å². The fourth-order valence-corrected chi connectivity index (χ4v) is 2.46. The molecule has 5 nitrogen and oxygen atoms in total. The first-order valence-corrected chi connectivity index (χ1v) is 5.57. The molecule has 0 bridgehead atoms. The second-order valence-corrected chi connectivity index (χ2v) is 4.43. The van der Waals surface area contributed by atoms with Crippen molar-refractivity contribution in [2.45, 2.75) is 30.8 Å². The van der Waals surface area contributed by atoms with E-state index in [1.165, 1.54) is 6.08 Å². The number of carboxylic acids is 1. The third kappa shape index (κ3) is 1.83. The van der Waals surface area contributed by atoms with Crippen molar-refractivity contribution in [3.05, 3.63) is 12.7 Å². The molecule has 0 aromatic heterocycles. The van der Waals surface area contributed by atoms with Crippen molar-refractivity contribution in [2.24, 2.45) is 5.92 Å². The van der Waals surface area contributed by atoms with Crippen LogP contribution in [0.15, 0.2) is 12.7 Å². The number of carbonyl (C=O) groups is 2. The molecule has 0 spiro atoms. The van der Waals surface area contributed by atoms with E-state index in [-0.39, 0.29) is 19.4 Å². The summed E-state index contributed by atoms with van der Waals surface area (Å²) >= 11 is 0. The van der Waals surface area contributed by atoms with Crippen LogP contribution in [-0.2, 0) is 9.53 Å². The van der Waals surface area contributed by atoms with Gasteiger partial charge in [-0.3, -0.25) is 4.90 Å². The molecule has 2 aliphatic rings. The number of hydrogen-bond donors (Lipinski definition) is 1. The van der Waals surface area contributed by atoms with Gasteiger partial charge in [0.25, 0.3) is 5.92 Å². The summed E-state index contributed by atoms with van der Waals surface area (Å²) in [6.07, 6.45) is 0.407. The lowest BCUT2D eigenvalue weighted by molar-refractivity contribution is -0.144. The van der Waals surface area contributed by atoms with Gasteiger partial charge >= 0.3 is 12.1 Å². The number of ether oxygens (including phenoxy) is 1. The Hall–Kier alpha value is -1.66. The quantitative estimate of drug-likeness (QED) is 0.782. The summed E-state index contributed by atoms with van der Waals surface area (Å²) in [5.41, 5.74) is 0. The number of alkyl halides is 2. The van der Waals surface area contributed by atoms with Gasteiger partial charge in [-0.2, -0.15) is 0 Å². The molecule has 1 saturated heterocycles. The molecule has 0 radical (unpaired) electrons. The molecule has 0 aromatic carbocycles. The standard InChI is InChI=1S/C11H13F2NO4/c1-2-5-18-10(17)14-7(9(15)16)4-3-6-8(14)11(6,12)13/h2,6-8H,1,3-5H2,(H,15,16)/t6-,7-,8+/m1/s1. The monoisotopic (exact) mass is 261 g/mol. The number of nitrogens with zero attached hydrogens (tertiary/aromatic N) is 1. The summed E-state index contributed by atoms with van der Waals surface area (Å²) in [5.74, 6) is -5.23. The molecular weight excluding hydrogens is 248 g/mol. The third-order valence-electron chi connectivity index (χ3n) is 3.37. The number of piperidine rings is 1. The summed E-state index contributed by atoms with van der Waals surface area (Å²) in [7, 11) is 0. The van der Waals surface area contributed by atoms with E-state index in [1.807, 2.05) is 0 Å². The summed E-state index contributed by atoms with van der Waals surface area (Å²) in [5, 5.41) is 8.97. The van der Waals surface area contributed by atoms with Gasteiger partial charge in [0.05, 0.1) is 5.92 Å². The van der Waals surface area contributed by atoms with Crippen molar-refractivity contribution in [1.82, 2.24) is 4.90 Å². The van der Waals surface area contributed by atoms with Gasteiger partial charge in [-0.05, 0) is 12.8 Å². The van der Waals surface area contributed by atoms with Gasteiger partial charge in [0.1, 0.15) is 18.7 Å². The van der Waals surface area contributed by atoms with Crippen LogP contribution in [0.1, 0.15) is 12.8 Å². The Morgan fingerprint density at radius 3 is 2.72 bits per heavy atom. The number of halogens is 2. The minimum Gasteiger partial charge on any atom is -0.480 e. The first-order chi connectivity index (χ1) is 8.41. The van der Waals surface area contributed by atoms with E-state index in [2.05, 4.69) is 11.3 Å². The number of likely N-dealkylation sites (tertiary alicyclic amines) is 1. The van der Waals surface area contributed by atoms with Crippen LogP contribution in [0.2, 0.25) is 0 Å². The summed E-state index contributed by atoms with van der Waals surface area (Å²) < 4.78 is 31.5. The van der Waals surface area contributed by atoms with Gasteiger partial charge in [-0.25, -0.2) is 18.4 Å². The molecule has 0 unspecified atom stereocenters. The molecule has 1 heterocycles. The van der Waals surface area contributed by atoms with Crippen molar-refractivity contribution in [3.8, 4) is 0 Å². The number of amides is 1. The maximum Gasteiger partial charge on any atom is 0.411 e. The van der Waals surface area contributed by atoms with E-state index in [0.29, 0.717) is 4.90 Å². The Kier molecular flexibility index (Phi) is 3.00. The number of fused-ring (bicyclic) bond motifs is 1. The largest absolute Gasteiger partial charge is 0.480 e. The first-order valence-electron chi connectivity index (χ1n) is 5.57. The molecule has 0 aromatic rings. The van der Waals surface area contributed by atoms with Crippen molar-refractivity contribution in [2.75, 3.05) is 6.61 Å². The summed E-state index contributed by atoms with van der Waals surface area (Å²) in [6.45, 7) is 3.20. The molecule has 2 fully saturated rings. The third-order valence-corrected chi connectivity index (χ3v) is 3.37. The highest BCUT2D eigenvalue weighted by molar-refractivity contribution is 5.81. The second-order valence-electron chi connectivity index (χ2n) is 4.43. The normalized spacial score (nSPS) is 32.3. The van der Waals surface area contributed by atoms with Crippen LogP contribution in [0.4, 0.5) is 13.6 Å². The molecule has 18 heavy (non-hydrogen) atoms. The highest BCUT2D eigenvalue weighted by Crippen LogP contribution is 2.58. The summed E-state index contributed by atoms with van der Waals surface area (Å²) in [4.78, 5) is 23.3. The molecule has 100 valence electrons. The lowest BCUT2D eigenvalue weighted by atomic mass is 10.0. The molecule has 2 rings (SSSR count). The van der Waals surface area contributed by atoms with Crippen LogP contribution in [-0.4, -0.2) is 46.7 Å². The molecule has 1 aliphatic heterocycles. The average molecular weight is 261 g/mol. The van der Waals surface area contributed by atoms with E-state index in [4.69, 9.17) is 5.11 Å². The minimum absolute atomic E-state index is 0.0231. The predicted octanol–water partition coefficient (Wildman–Crippen LogP) is 1.49. The van der Waals surface area contributed by atoms with Gasteiger partial charge in [-0.15, -0.1) is 0 Å². The predicted molar refractivity (Wildman–Crippen MR) is 56.3 cm³/mol. The minimum atomic E-state index is -3.00. The Morgan fingerprint density at radius 1 is 1.50 bits per heavy atom. The van der Waals surface area contributed by atoms with Crippen molar-refractivity contribution in [1.29, 1.82) is 0 Å². The van der Waals surface area contributed by atoms with Gasteiger partial charge in [-0.1, -0.05) is 12.7 Å². The zero-order valence-electron chi connectivity index (χ0n) is 9.51. The smallest absolute Gasteiger partial charge is 0.411 e. The fourth-order valence-electron chi connectivity index (χ4n) is 2.46. The first kappa shape index (κ1) is 12.8. The van der Waals surface area contributed by atoms with E-state index in [9.17, 15) is 18.4 Å². The van der Waals surface area contributed by atoms with Crippen LogP contribution in [0, 0.1) is 5.92 Å². The van der Waals surface area contributed by atoms with Crippen LogP contribution in [0.3, 0.4) is 0 Å². The molecule has 1 amide bonds.